The zero-order valence-corrected chi connectivity index (χ0v) is 21.3. The molecule has 2 aliphatic rings. The number of carbonyl (C=O) groups is 2. The number of carboxylic acid groups (broad SMARTS) is 1. The summed E-state index contributed by atoms with van der Waals surface area (Å²) >= 11 is 6.15. The van der Waals surface area contributed by atoms with Crippen LogP contribution in [-0.4, -0.2) is 39.5 Å². The molecule has 0 radical (unpaired) electrons. The molecular weight excluding hydrogens is 522 g/mol. The number of aromatic nitrogens is 1. The molecule has 0 saturated heterocycles. The predicted octanol–water partition coefficient (Wildman–Crippen LogP) is 5.12. The van der Waals surface area contributed by atoms with Gasteiger partial charge in [0, 0.05) is 34.3 Å². The second-order valence-corrected chi connectivity index (χ2v) is 9.70. The number of nitrogens with zero attached hydrogens (tertiary/aromatic N) is 2. The lowest BCUT2D eigenvalue weighted by atomic mass is 9.91. The third kappa shape index (κ3) is 4.61. The minimum atomic E-state index is -1.08. The molecule has 0 spiro atoms. The Morgan fingerprint density at radius 1 is 1.00 bits per heavy atom. The average molecular weight is 544 g/mol. The number of aliphatic carboxylic acids is 1. The van der Waals surface area contributed by atoms with Gasteiger partial charge in [0.2, 0.25) is 12.7 Å². The van der Waals surface area contributed by atoms with E-state index < -0.39 is 17.9 Å². The van der Waals surface area contributed by atoms with Gasteiger partial charge in [-0.2, -0.15) is 5.10 Å². The van der Waals surface area contributed by atoms with Crippen molar-refractivity contribution >= 4 is 40.1 Å². The lowest BCUT2D eigenvalue weighted by molar-refractivity contribution is -0.141. The predicted molar refractivity (Wildman–Crippen MR) is 145 cm³/mol. The number of carboxylic acids is 1. The summed E-state index contributed by atoms with van der Waals surface area (Å²) in [6.07, 6.45) is -0.327. The molecule has 3 heterocycles. The summed E-state index contributed by atoms with van der Waals surface area (Å²) < 4.78 is 11.0. The van der Waals surface area contributed by atoms with E-state index >= 15 is 0 Å². The summed E-state index contributed by atoms with van der Waals surface area (Å²) in [5.74, 6) is -0.398. The number of nitrogens with one attached hydrogen (secondary N) is 1. The second-order valence-electron chi connectivity index (χ2n) is 9.27. The first-order valence-corrected chi connectivity index (χ1v) is 12.7. The normalized spacial score (nSPS) is 16.0. The van der Waals surface area contributed by atoms with Gasteiger partial charge < -0.3 is 19.6 Å². The van der Waals surface area contributed by atoms with E-state index in [-0.39, 0.29) is 31.6 Å². The van der Waals surface area contributed by atoms with Crippen LogP contribution in [0.15, 0.2) is 76.6 Å². The van der Waals surface area contributed by atoms with Crippen molar-refractivity contribution < 1.29 is 24.2 Å². The van der Waals surface area contributed by atoms with Crippen LogP contribution in [0.25, 0.3) is 22.0 Å². The van der Waals surface area contributed by atoms with E-state index in [2.05, 4.69) is 10.1 Å². The summed E-state index contributed by atoms with van der Waals surface area (Å²) in [5.41, 5.74) is 3.25. The number of ether oxygens (including phenoxy) is 2. The van der Waals surface area contributed by atoms with Crippen molar-refractivity contribution in [1.29, 1.82) is 0 Å². The fourth-order valence-corrected chi connectivity index (χ4v) is 5.16. The van der Waals surface area contributed by atoms with Crippen LogP contribution in [0.1, 0.15) is 36.4 Å². The zero-order chi connectivity index (χ0) is 27.1. The molecule has 39 heavy (non-hydrogen) atoms. The van der Waals surface area contributed by atoms with E-state index in [0.29, 0.717) is 38.9 Å². The number of halogens is 1. The maximum Gasteiger partial charge on any atom is 0.303 e. The van der Waals surface area contributed by atoms with E-state index in [0.717, 1.165) is 16.5 Å². The smallest absolute Gasteiger partial charge is 0.303 e. The summed E-state index contributed by atoms with van der Waals surface area (Å²) in [4.78, 5) is 41.0. The van der Waals surface area contributed by atoms with Gasteiger partial charge in [-0.05, 0) is 41.5 Å². The van der Waals surface area contributed by atoms with E-state index in [9.17, 15) is 14.4 Å². The van der Waals surface area contributed by atoms with Crippen LogP contribution in [0, 0.1) is 0 Å². The van der Waals surface area contributed by atoms with Crippen molar-refractivity contribution in [3.63, 3.8) is 0 Å². The minimum Gasteiger partial charge on any atom is -0.481 e. The quantitative estimate of drug-likeness (QED) is 0.348. The molecule has 0 bridgehead atoms. The number of para-hydroxylation sites is 1. The van der Waals surface area contributed by atoms with E-state index in [1.807, 2.05) is 42.5 Å². The van der Waals surface area contributed by atoms with Gasteiger partial charge in [0.25, 0.3) is 5.56 Å². The van der Waals surface area contributed by atoms with Crippen molar-refractivity contribution in [3.05, 3.63) is 93.2 Å². The monoisotopic (exact) mass is 543 g/mol. The van der Waals surface area contributed by atoms with Gasteiger partial charge in [-0.1, -0.05) is 48.0 Å². The molecule has 4 aromatic rings. The van der Waals surface area contributed by atoms with Gasteiger partial charge in [-0.25, -0.2) is 5.01 Å². The Bertz CT molecular complexity index is 1710. The van der Waals surface area contributed by atoms with E-state index in [4.69, 9.17) is 26.2 Å². The highest BCUT2D eigenvalue weighted by atomic mass is 35.5. The zero-order valence-electron chi connectivity index (χ0n) is 20.5. The standard InChI is InChI=1S/C29H22ClN3O6/c30-18-8-5-16(6-9-18)27-19-3-1-2-4-20(19)31-29(37)28(27)21-14-22(33(32-21)25(34)11-12-26(35)36)17-7-10-23-24(13-17)39-15-38-23/h1-10,13,22H,11-12,14-15H2,(H,31,37)(H,35,36)/t22-/m0/s1. The summed E-state index contributed by atoms with van der Waals surface area (Å²) in [6.45, 7) is 0.101. The van der Waals surface area contributed by atoms with Crippen LogP contribution < -0.4 is 15.0 Å². The topological polar surface area (TPSA) is 121 Å². The maximum atomic E-state index is 13.6. The van der Waals surface area contributed by atoms with Crippen LogP contribution in [0.3, 0.4) is 0 Å². The summed E-state index contributed by atoms with van der Waals surface area (Å²) in [6, 6.07) is 19.5. The minimum absolute atomic E-state index is 0.101. The van der Waals surface area contributed by atoms with E-state index in [1.54, 1.807) is 24.3 Å². The molecule has 196 valence electrons. The number of rotatable bonds is 6. The Kier molecular flexibility index (Phi) is 6.28. The highest BCUT2D eigenvalue weighted by Crippen LogP contribution is 2.41. The molecule has 0 fully saturated rings. The molecule has 1 aromatic heterocycles. The molecule has 0 unspecified atom stereocenters. The molecule has 0 aliphatic carbocycles. The number of hydrogen-bond donors (Lipinski definition) is 2. The van der Waals surface area contributed by atoms with Gasteiger partial charge in [0.1, 0.15) is 0 Å². The first-order chi connectivity index (χ1) is 18.9. The first kappa shape index (κ1) is 24.7. The number of hydrogen-bond acceptors (Lipinski definition) is 6. The number of fused-ring (bicyclic) bond motifs is 2. The molecule has 9 nitrogen and oxygen atoms in total. The average Bonchev–Trinajstić information content (AvgIpc) is 3.58. The number of pyridine rings is 1. The molecule has 2 N–H and O–H groups in total. The van der Waals surface area contributed by atoms with Crippen molar-refractivity contribution in [2.45, 2.75) is 25.3 Å². The Morgan fingerprint density at radius 2 is 1.77 bits per heavy atom. The molecule has 1 amide bonds. The number of carbonyl (C=O) groups excluding carboxylic acids is 1. The number of aromatic amines is 1. The van der Waals surface area contributed by atoms with Crippen molar-refractivity contribution in [3.8, 4) is 22.6 Å². The number of H-pyrrole nitrogens is 1. The first-order valence-electron chi connectivity index (χ1n) is 12.3. The van der Waals surface area contributed by atoms with Crippen LogP contribution in [0.4, 0.5) is 0 Å². The Balaban J connectivity index is 1.50. The van der Waals surface area contributed by atoms with Crippen LogP contribution in [-0.2, 0) is 9.59 Å². The third-order valence-electron chi connectivity index (χ3n) is 6.84. The van der Waals surface area contributed by atoms with Gasteiger partial charge in [0.15, 0.2) is 11.5 Å². The van der Waals surface area contributed by atoms with Crippen molar-refractivity contribution in [2.24, 2.45) is 5.10 Å². The second kappa shape index (κ2) is 9.92. The SMILES string of the molecule is O=C(O)CCC(=O)N1N=C(c2c(-c3ccc(Cl)cc3)c3ccccc3[nH]c2=O)C[C@H]1c1ccc2c(c1)OCO2. The fourth-order valence-electron chi connectivity index (χ4n) is 5.03. The van der Waals surface area contributed by atoms with E-state index in [1.165, 1.54) is 5.01 Å². The highest BCUT2D eigenvalue weighted by Gasteiger charge is 2.36. The Morgan fingerprint density at radius 3 is 2.56 bits per heavy atom. The number of benzene rings is 3. The lowest BCUT2D eigenvalue weighted by Crippen LogP contribution is -2.27. The third-order valence-corrected chi connectivity index (χ3v) is 7.10. The maximum absolute atomic E-state index is 13.6. The van der Waals surface area contributed by atoms with Crippen LogP contribution >= 0.6 is 11.6 Å². The Labute approximate surface area is 227 Å². The molecule has 1 atom stereocenters. The molecule has 10 heteroatoms. The molecule has 2 aliphatic heterocycles. The van der Waals surface area contributed by atoms with Crippen molar-refractivity contribution in [1.82, 2.24) is 9.99 Å². The van der Waals surface area contributed by atoms with Crippen molar-refractivity contribution in [2.75, 3.05) is 6.79 Å². The van der Waals surface area contributed by atoms with Crippen LogP contribution in [0.2, 0.25) is 5.02 Å². The molecule has 0 saturated carbocycles. The lowest BCUT2D eigenvalue weighted by Gasteiger charge is -2.22. The molecular formula is C29H22ClN3O6. The largest absolute Gasteiger partial charge is 0.481 e. The van der Waals surface area contributed by atoms with Gasteiger partial charge in [-0.15, -0.1) is 0 Å². The van der Waals surface area contributed by atoms with Gasteiger partial charge in [0.05, 0.1) is 23.7 Å². The fraction of sp³-hybridized carbons (Fsp3) is 0.172. The van der Waals surface area contributed by atoms with Gasteiger partial charge >= 0.3 is 5.97 Å². The number of hydrazone groups is 1. The van der Waals surface area contributed by atoms with Gasteiger partial charge in [-0.3, -0.25) is 14.4 Å². The molecule has 3 aromatic carbocycles. The Hall–Kier alpha value is -4.63. The summed E-state index contributed by atoms with van der Waals surface area (Å²) in [5, 5.41) is 16.5. The number of amides is 1. The molecule has 6 rings (SSSR count). The summed E-state index contributed by atoms with van der Waals surface area (Å²) in [7, 11) is 0. The van der Waals surface area contributed by atoms with Crippen LogP contribution in [0.5, 0.6) is 11.5 Å². The highest BCUT2D eigenvalue weighted by molar-refractivity contribution is 6.30.